The molecule has 0 spiro atoms. The molecule has 5 nitrogen and oxygen atoms in total. The van der Waals surface area contributed by atoms with Gasteiger partial charge in [0.05, 0.1) is 6.04 Å². The molecule has 0 unspecified atom stereocenters. The fraction of sp³-hybridized carbons (Fsp3) is 0.273. The van der Waals surface area contributed by atoms with E-state index in [0.29, 0.717) is 11.4 Å². The summed E-state index contributed by atoms with van der Waals surface area (Å²) in [6, 6.07) is 6.27. The van der Waals surface area contributed by atoms with Gasteiger partial charge in [0.2, 0.25) is 11.8 Å². The monoisotopic (exact) mass is 221 g/mol. The van der Waals surface area contributed by atoms with Gasteiger partial charge in [0, 0.05) is 18.3 Å². The number of hydrogen-bond donors (Lipinski definition) is 3. The molecule has 5 heteroatoms. The van der Waals surface area contributed by atoms with Gasteiger partial charge in [-0.1, -0.05) is 0 Å². The fourth-order valence-electron chi connectivity index (χ4n) is 1.10. The second-order valence-electron chi connectivity index (χ2n) is 3.54. The maximum Gasteiger partial charge on any atom is 0.240 e. The number of nitrogens with two attached hydrogens (primary N) is 1. The van der Waals surface area contributed by atoms with E-state index in [0.717, 1.165) is 0 Å². The number of nitrogens with one attached hydrogen (secondary N) is 2. The van der Waals surface area contributed by atoms with Gasteiger partial charge in [-0.15, -0.1) is 0 Å². The quantitative estimate of drug-likeness (QED) is 0.710. The molecule has 0 radical (unpaired) electrons. The van der Waals surface area contributed by atoms with Crippen LogP contribution < -0.4 is 16.4 Å². The standard InChI is InChI=1S/C11H15N3O2/c1-7(12)11(16)14-10-5-3-9(4-6-10)13-8(2)15/h3-7H,12H2,1-2H3,(H,13,15)(H,14,16)/t7-/m0/s1. The highest BCUT2D eigenvalue weighted by atomic mass is 16.2. The van der Waals surface area contributed by atoms with E-state index in [2.05, 4.69) is 10.6 Å². The van der Waals surface area contributed by atoms with Crippen LogP contribution in [0.3, 0.4) is 0 Å². The summed E-state index contributed by atoms with van der Waals surface area (Å²) >= 11 is 0. The van der Waals surface area contributed by atoms with Crippen molar-refractivity contribution in [2.45, 2.75) is 19.9 Å². The average Bonchev–Trinajstić information content (AvgIpc) is 2.20. The lowest BCUT2D eigenvalue weighted by Gasteiger charge is -2.08. The molecule has 0 aliphatic rings. The molecule has 0 heterocycles. The molecule has 0 aliphatic carbocycles. The topological polar surface area (TPSA) is 84.2 Å². The first-order valence-electron chi connectivity index (χ1n) is 4.93. The zero-order valence-corrected chi connectivity index (χ0v) is 9.28. The van der Waals surface area contributed by atoms with Gasteiger partial charge in [-0.05, 0) is 31.2 Å². The highest BCUT2D eigenvalue weighted by molar-refractivity contribution is 5.95. The van der Waals surface area contributed by atoms with E-state index in [1.54, 1.807) is 31.2 Å². The molecule has 1 atom stereocenters. The molecular formula is C11H15N3O2. The third kappa shape index (κ3) is 3.70. The molecule has 1 aromatic carbocycles. The minimum atomic E-state index is -0.546. The summed E-state index contributed by atoms with van der Waals surface area (Å²) in [4.78, 5) is 22.0. The summed E-state index contributed by atoms with van der Waals surface area (Å²) in [5.74, 6) is -0.375. The number of hydrogen-bond acceptors (Lipinski definition) is 3. The van der Waals surface area contributed by atoms with E-state index in [4.69, 9.17) is 5.73 Å². The Bertz CT molecular complexity index is 385. The third-order valence-electron chi connectivity index (χ3n) is 1.89. The molecule has 0 fully saturated rings. The lowest BCUT2D eigenvalue weighted by molar-refractivity contribution is -0.117. The number of rotatable bonds is 3. The van der Waals surface area contributed by atoms with Crippen LogP contribution in [0.2, 0.25) is 0 Å². The smallest absolute Gasteiger partial charge is 0.240 e. The molecule has 4 N–H and O–H groups in total. The fourth-order valence-corrected chi connectivity index (χ4v) is 1.10. The minimum absolute atomic E-state index is 0.132. The van der Waals surface area contributed by atoms with E-state index in [1.807, 2.05) is 0 Å². The summed E-state index contributed by atoms with van der Waals surface area (Å²) in [6.45, 7) is 3.05. The van der Waals surface area contributed by atoms with Gasteiger partial charge in [-0.2, -0.15) is 0 Å². The molecule has 86 valence electrons. The Morgan fingerprint density at radius 3 is 1.94 bits per heavy atom. The first-order chi connectivity index (χ1) is 7.49. The summed E-state index contributed by atoms with van der Waals surface area (Å²) < 4.78 is 0. The Hall–Kier alpha value is -1.88. The molecule has 1 rings (SSSR count). The van der Waals surface area contributed by atoms with Gasteiger partial charge in [-0.25, -0.2) is 0 Å². The predicted molar refractivity (Wildman–Crippen MR) is 63.0 cm³/mol. The van der Waals surface area contributed by atoms with Crippen LogP contribution in [-0.4, -0.2) is 17.9 Å². The summed E-state index contributed by atoms with van der Waals surface area (Å²) in [6.07, 6.45) is 0. The van der Waals surface area contributed by atoms with Crippen molar-refractivity contribution >= 4 is 23.2 Å². The molecule has 2 amide bonds. The molecule has 16 heavy (non-hydrogen) atoms. The number of carbonyl (C=O) groups is 2. The molecule has 0 aliphatic heterocycles. The lowest BCUT2D eigenvalue weighted by atomic mass is 10.2. The number of benzene rings is 1. The summed E-state index contributed by atoms with van der Waals surface area (Å²) in [5.41, 5.74) is 6.75. The van der Waals surface area contributed by atoms with Gasteiger partial charge < -0.3 is 16.4 Å². The van der Waals surface area contributed by atoms with Crippen LogP contribution in [0.15, 0.2) is 24.3 Å². The molecule has 0 bridgehead atoms. The van der Waals surface area contributed by atoms with Gasteiger partial charge in [0.25, 0.3) is 0 Å². The Labute approximate surface area is 94.0 Å². The van der Waals surface area contributed by atoms with Crippen LogP contribution in [0, 0.1) is 0 Å². The van der Waals surface area contributed by atoms with Crippen molar-refractivity contribution in [2.75, 3.05) is 10.6 Å². The summed E-state index contributed by atoms with van der Waals surface area (Å²) in [5, 5.41) is 5.28. The van der Waals surface area contributed by atoms with Crippen molar-refractivity contribution in [3.05, 3.63) is 24.3 Å². The Morgan fingerprint density at radius 2 is 1.56 bits per heavy atom. The van der Waals surface area contributed by atoms with Crippen LogP contribution in [-0.2, 0) is 9.59 Å². The van der Waals surface area contributed by atoms with Crippen molar-refractivity contribution in [3.63, 3.8) is 0 Å². The summed E-state index contributed by atoms with van der Waals surface area (Å²) in [7, 11) is 0. The average molecular weight is 221 g/mol. The van der Waals surface area contributed by atoms with Gasteiger partial charge in [-0.3, -0.25) is 9.59 Å². The number of carbonyl (C=O) groups excluding carboxylic acids is 2. The molecular weight excluding hydrogens is 206 g/mol. The van der Waals surface area contributed by atoms with Crippen molar-refractivity contribution in [1.29, 1.82) is 0 Å². The van der Waals surface area contributed by atoms with Crippen molar-refractivity contribution in [2.24, 2.45) is 5.73 Å². The van der Waals surface area contributed by atoms with Crippen molar-refractivity contribution in [1.82, 2.24) is 0 Å². The third-order valence-corrected chi connectivity index (χ3v) is 1.89. The first-order valence-corrected chi connectivity index (χ1v) is 4.93. The van der Waals surface area contributed by atoms with Gasteiger partial charge >= 0.3 is 0 Å². The Balaban J connectivity index is 2.64. The first kappa shape index (κ1) is 12.2. The van der Waals surface area contributed by atoms with Crippen LogP contribution in [0.5, 0.6) is 0 Å². The normalized spacial score (nSPS) is 11.7. The van der Waals surface area contributed by atoms with Gasteiger partial charge in [0.15, 0.2) is 0 Å². The van der Waals surface area contributed by atoms with Crippen molar-refractivity contribution < 1.29 is 9.59 Å². The van der Waals surface area contributed by atoms with E-state index in [9.17, 15) is 9.59 Å². The molecule has 0 aromatic heterocycles. The van der Waals surface area contributed by atoms with Crippen LogP contribution >= 0.6 is 0 Å². The van der Waals surface area contributed by atoms with E-state index in [1.165, 1.54) is 6.92 Å². The maximum absolute atomic E-state index is 11.3. The van der Waals surface area contributed by atoms with E-state index < -0.39 is 6.04 Å². The zero-order valence-electron chi connectivity index (χ0n) is 9.28. The van der Waals surface area contributed by atoms with E-state index >= 15 is 0 Å². The Kier molecular flexibility index (Phi) is 4.02. The second kappa shape index (κ2) is 5.27. The lowest BCUT2D eigenvalue weighted by Crippen LogP contribution is -2.32. The highest BCUT2D eigenvalue weighted by Crippen LogP contribution is 2.13. The van der Waals surface area contributed by atoms with Crippen LogP contribution in [0.25, 0.3) is 0 Å². The van der Waals surface area contributed by atoms with Crippen LogP contribution in [0.1, 0.15) is 13.8 Å². The number of anilines is 2. The number of amides is 2. The largest absolute Gasteiger partial charge is 0.326 e. The molecule has 1 aromatic rings. The van der Waals surface area contributed by atoms with Crippen molar-refractivity contribution in [3.8, 4) is 0 Å². The maximum atomic E-state index is 11.3. The predicted octanol–water partition coefficient (Wildman–Crippen LogP) is 0.931. The van der Waals surface area contributed by atoms with E-state index in [-0.39, 0.29) is 11.8 Å². The highest BCUT2D eigenvalue weighted by Gasteiger charge is 2.06. The minimum Gasteiger partial charge on any atom is -0.326 e. The van der Waals surface area contributed by atoms with Gasteiger partial charge in [0.1, 0.15) is 0 Å². The molecule has 0 saturated heterocycles. The SMILES string of the molecule is CC(=O)Nc1ccc(NC(=O)[C@H](C)N)cc1. The second-order valence-corrected chi connectivity index (χ2v) is 3.54. The Morgan fingerprint density at radius 1 is 1.12 bits per heavy atom. The molecule has 0 saturated carbocycles. The van der Waals surface area contributed by atoms with Crippen LogP contribution in [0.4, 0.5) is 11.4 Å². The zero-order chi connectivity index (χ0) is 12.1.